The van der Waals surface area contributed by atoms with Gasteiger partial charge in [0.05, 0.1) is 6.61 Å². The van der Waals surface area contributed by atoms with E-state index in [1.807, 2.05) is 19.1 Å². The number of fused-ring (bicyclic) bond motifs is 1. The minimum atomic E-state index is -0.323. The topological polar surface area (TPSA) is 39.4 Å². The van der Waals surface area contributed by atoms with Crippen LogP contribution in [0.5, 0.6) is 5.75 Å². The third-order valence-electron chi connectivity index (χ3n) is 2.99. The highest BCUT2D eigenvalue weighted by Gasteiger charge is 2.03. The molecular weight excluding hydrogens is 260 g/mol. The summed E-state index contributed by atoms with van der Waals surface area (Å²) < 4.78 is 10.8. The molecular formula is C15H18O3S. The first-order chi connectivity index (χ1) is 9.20. The number of hydrogen-bond acceptors (Lipinski definition) is 4. The molecule has 2 rings (SSSR count). The summed E-state index contributed by atoms with van der Waals surface area (Å²) in [5.74, 6) is 1.66. The van der Waals surface area contributed by atoms with Gasteiger partial charge >= 0.3 is 5.63 Å². The molecule has 0 radical (unpaired) electrons. The van der Waals surface area contributed by atoms with Gasteiger partial charge in [0.2, 0.25) is 0 Å². The third-order valence-corrected chi connectivity index (χ3v) is 3.31. The lowest BCUT2D eigenvalue weighted by molar-refractivity contribution is 0.306. The van der Waals surface area contributed by atoms with Crippen molar-refractivity contribution in [2.75, 3.05) is 12.4 Å². The molecule has 0 bridgehead atoms. The lowest BCUT2D eigenvalue weighted by Gasteiger charge is -2.07. The molecule has 1 aromatic carbocycles. The fraction of sp³-hybridized carbons (Fsp3) is 0.400. The minimum absolute atomic E-state index is 0.323. The minimum Gasteiger partial charge on any atom is -0.493 e. The average molecular weight is 278 g/mol. The number of thiol groups is 1. The van der Waals surface area contributed by atoms with Crippen LogP contribution in [0.15, 0.2) is 33.5 Å². The lowest BCUT2D eigenvalue weighted by Crippen LogP contribution is -2.00. The van der Waals surface area contributed by atoms with Gasteiger partial charge in [-0.25, -0.2) is 4.79 Å². The molecule has 0 spiro atoms. The molecule has 0 aliphatic rings. The second kappa shape index (κ2) is 6.66. The number of rotatable bonds is 6. The van der Waals surface area contributed by atoms with Crippen LogP contribution in [0.2, 0.25) is 0 Å². The second-order valence-electron chi connectivity index (χ2n) is 4.54. The van der Waals surface area contributed by atoms with Crippen LogP contribution >= 0.6 is 12.6 Å². The Hall–Kier alpha value is -1.42. The SMILES string of the molecule is Cc1cc(=O)oc2cc(OCCCCCS)ccc12. The first-order valence-electron chi connectivity index (χ1n) is 6.49. The molecule has 0 saturated carbocycles. The number of aryl methyl sites for hydroxylation is 1. The Morgan fingerprint density at radius 2 is 2.05 bits per heavy atom. The van der Waals surface area contributed by atoms with Gasteiger partial charge in [0.1, 0.15) is 11.3 Å². The maximum atomic E-state index is 11.3. The molecule has 0 unspecified atom stereocenters. The van der Waals surface area contributed by atoms with Crippen LogP contribution in [0.3, 0.4) is 0 Å². The predicted octanol–water partition coefficient (Wildman–Crippen LogP) is 3.58. The van der Waals surface area contributed by atoms with Crippen LogP contribution in [0, 0.1) is 6.92 Å². The van der Waals surface area contributed by atoms with Crippen LogP contribution in [-0.2, 0) is 0 Å². The molecule has 19 heavy (non-hydrogen) atoms. The second-order valence-corrected chi connectivity index (χ2v) is 4.99. The van der Waals surface area contributed by atoms with Gasteiger partial charge in [-0.2, -0.15) is 12.6 Å². The summed E-state index contributed by atoms with van der Waals surface area (Å²) in [7, 11) is 0. The van der Waals surface area contributed by atoms with Crippen LogP contribution in [0.4, 0.5) is 0 Å². The van der Waals surface area contributed by atoms with Gasteiger partial charge < -0.3 is 9.15 Å². The van der Waals surface area contributed by atoms with E-state index in [1.54, 1.807) is 6.07 Å². The van der Waals surface area contributed by atoms with E-state index in [0.29, 0.717) is 12.2 Å². The Balaban J connectivity index is 2.07. The summed E-state index contributed by atoms with van der Waals surface area (Å²) in [5, 5.41) is 0.946. The Morgan fingerprint density at radius 3 is 2.84 bits per heavy atom. The lowest BCUT2D eigenvalue weighted by atomic mass is 10.1. The molecule has 0 amide bonds. The van der Waals surface area contributed by atoms with Crippen molar-refractivity contribution in [3.05, 3.63) is 40.2 Å². The van der Waals surface area contributed by atoms with Crippen molar-refractivity contribution in [3.63, 3.8) is 0 Å². The first-order valence-corrected chi connectivity index (χ1v) is 7.12. The molecule has 1 heterocycles. The van der Waals surface area contributed by atoms with Crippen molar-refractivity contribution < 1.29 is 9.15 Å². The Labute approximate surface area is 118 Å². The van der Waals surface area contributed by atoms with E-state index in [1.165, 1.54) is 6.07 Å². The Morgan fingerprint density at radius 1 is 1.21 bits per heavy atom. The van der Waals surface area contributed by atoms with E-state index < -0.39 is 0 Å². The zero-order valence-corrected chi connectivity index (χ0v) is 11.9. The average Bonchev–Trinajstić information content (AvgIpc) is 2.38. The largest absolute Gasteiger partial charge is 0.493 e. The molecule has 0 aliphatic heterocycles. The van der Waals surface area contributed by atoms with E-state index in [0.717, 1.165) is 41.7 Å². The summed E-state index contributed by atoms with van der Waals surface area (Å²) in [6.45, 7) is 2.58. The molecule has 1 aromatic heterocycles. The molecule has 2 aromatic rings. The van der Waals surface area contributed by atoms with Crippen LogP contribution in [-0.4, -0.2) is 12.4 Å². The highest BCUT2D eigenvalue weighted by atomic mass is 32.1. The summed E-state index contributed by atoms with van der Waals surface area (Å²) >= 11 is 4.17. The molecule has 0 N–H and O–H groups in total. The van der Waals surface area contributed by atoms with Gasteiger partial charge in [-0.05, 0) is 49.6 Å². The van der Waals surface area contributed by atoms with Crippen molar-refractivity contribution in [2.45, 2.75) is 26.2 Å². The highest BCUT2D eigenvalue weighted by molar-refractivity contribution is 7.80. The monoisotopic (exact) mass is 278 g/mol. The van der Waals surface area contributed by atoms with E-state index in [4.69, 9.17) is 9.15 Å². The van der Waals surface area contributed by atoms with Crippen LogP contribution in [0.1, 0.15) is 24.8 Å². The van der Waals surface area contributed by atoms with Gasteiger partial charge in [0.15, 0.2) is 0 Å². The quantitative estimate of drug-likeness (QED) is 0.499. The summed E-state index contributed by atoms with van der Waals surface area (Å²) in [6, 6.07) is 7.12. The van der Waals surface area contributed by atoms with E-state index in [-0.39, 0.29) is 5.63 Å². The zero-order chi connectivity index (χ0) is 13.7. The number of unbranched alkanes of at least 4 members (excludes halogenated alkanes) is 2. The molecule has 4 heteroatoms. The number of ether oxygens (including phenoxy) is 1. The van der Waals surface area contributed by atoms with Crippen molar-refractivity contribution >= 4 is 23.6 Å². The number of hydrogen-bond donors (Lipinski definition) is 1. The van der Waals surface area contributed by atoms with Crippen molar-refractivity contribution in [1.29, 1.82) is 0 Å². The molecule has 0 aliphatic carbocycles. The fourth-order valence-corrected chi connectivity index (χ4v) is 2.20. The van der Waals surface area contributed by atoms with Crippen molar-refractivity contribution in [2.24, 2.45) is 0 Å². The maximum absolute atomic E-state index is 11.3. The van der Waals surface area contributed by atoms with Crippen LogP contribution < -0.4 is 10.4 Å². The van der Waals surface area contributed by atoms with Crippen molar-refractivity contribution in [1.82, 2.24) is 0 Å². The zero-order valence-electron chi connectivity index (χ0n) is 11.0. The summed E-state index contributed by atoms with van der Waals surface area (Å²) in [6.07, 6.45) is 3.24. The van der Waals surface area contributed by atoms with E-state index in [2.05, 4.69) is 12.6 Å². The molecule has 0 atom stereocenters. The van der Waals surface area contributed by atoms with Crippen molar-refractivity contribution in [3.8, 4) is 5.75 Å². The normalized spacial score (nSPS) is 10.8. The number of benzene rings is 1. The Kier molecular flexibility index (Phi) is 4.91. The molecule has 0 saturated heterocycles. The van der Waals surface area contributed by atoms with Gasteiger partial charge in [-0.3, -0.25) is 0 Å². The van der Waals surface area contributed by atoms with Gasteiger partial charge in [-0.1, -0.05) is 0 Å². The standard InChI is InChI=1S/C15H18O3S/c1-11-9-15(16)18-14-10-12(5-6-13(11)14)17-7-3-2-4-8-19/h5-6,9-10,19H,2-4,7-8H2,1H3. The van der Waals surface area contributed by atoms with Gasteiger partial charge in [-0.15, -0.1) is 0 Å². The Bertz CT molecular complexity index is 604. The molecule has 102 valence electrons. The first kappa shape index (κ1) is 14.0. The van der Waals surface area contributed by atoms with Gasteiger partial charge in [0.25, 0.3) is 0 Å². The smallest absolute Gasteiger partial charge is 0.336 e. The fourth-order valence-electron chi connectivity index (χ4n) is 1.98. The molecule has 3 nitrogen and oxygen atoms in total. The molecule has 0 fully saturated rings. The third kappa shape index (κ3) is 3.77. The van der Waals surface area contributed by atoms with Gasteiger partial charge in [0, 0.05) is 17.5 Å². The maximum Gasteiger partial charge on any atom is 0.336 e. The van der Waals surface area contributed by atoms with E-state index >= 15 is 0 Å². The summed E-state index contributed by atoms with van der Waals surface area (Å²) in [5.41, 5.74) is 1.18. The highest BCUT2D eigenvalue weighted by Crippen LogP contribution is 2.22. The predicted molar refractivity (Wildman–Crippen MR) is 80.4 cm³/mol. The summed E-state index contributed by atoms with van der Waals surface area (Å²) in [4.78, 5) is 11.3. The van der Waals surface area contributed by atoms with E-state index in [9.17, 15) is 4.79 Å². The van der Waals surface area contributed by atoms with Crippen LogP contribution in [0.25, 0.3) is 11.0 Å².